The Morgan fingerprint density at radius 1 is 0.741 bits per heavy atom. The number of hydrogen-bond donors (Lipinski definition) is 0. The fourth-order valence-electron chi connectivity index (χ4n) is 3.12. The van der Waals surface area contributed by atoms with Crippen molar-refractivity contribution in [3.8, 4) is 0 Å². The maximum Gasteiger partial charge on any atom is 0.338 e. The first kappa shape index (κ1) is 18.9. The molecule has 0 radical (unpaired) electrons. The molecule has 0 spiro atoms. The highest BCUT2D eigenvalue weighted by atomic mass is 16.5. The second-order valence-electron chi connectivity index (χ2n) is 6.54. The molecule has 3 heteroatoms. The number of benzene rings is 3. The summed E-state index contributed by atoms with van der Waals surface area (Å²) in [7, 11) is 0. The normalized spacial score (nSPS) is 10.7. The van der Waals surface area contributed by atoms with Gasteiger partial charge in [-0.25, -0.2) is 4.79 Å². The van der Waals surface area contributed by atoms with Gasteiger partial charge in [-0.3, -0.25) is 4.90 Å². The summed E-state index contributed by atoms with van der Waals surface area (Å²) >= 11 is 0. The summed E-state index contributed by atoms with van der Waals surface area (Å²) in [5.41, 5.74) is 4.26. The van der Waals surface area contributed by atoms with Gasteiger partial charge in [-0.1, -0.05) is 72.8 Å². The third kappa shape index (κ3) is 5.80. The van der Waals surface area contributed by atoms with Crippen LogP contribution in [0.2, 0.25) is 0 Å². The minimum Gasteiger partial charge on any atom is -0.462 e. The molecule has 0 aromatic heterocycles. The number of nitrogens with zero attached hydrogens (tertiary/aromatic N) is 1. The van der Waals surface area contributed by atoms with Crippen LogP contribution < -0.4 is 0 Å². The third-order valence-electron chi connectivity index (χ3n) is 4.34. The molecule has 3 rings (SSSR count). The Labute approximate surface area is 161 Å². The molecule has 0 aliphatic carbocycles. The molecular weight excluding hydrogens is 334 g/mol. The number of esters is 1. The van der Waals surface area contributed by atoms with Crippen LogP contribution in [0.4, 0.5) is 0 Å². The number of rotatable bonds is 8. The lowest BCUT2D eigenvalue weighted by molar-refractivity contribution is 0.0526. The third-order valence-corrected chi connectivity index (χ3v) is 4.34. The van der Waals surface area contributed by atoms with E-state index in [-0.39, 0.29) is 5.97 Å². The van der Waals surface area contributed by atoms with E-state index in [0.29, 0.717) is 12.2 Å². The zero-order valence-electron chi connectivity index (χ0n) is 15.7. The van der Waals surface area contributed by atoms with Crippen LogP contribution in [0.5, 0.6) is 0 Å². The van der Waals surface area contributed by atoms with Gasteiger partial charge in [-0.2, -0.15) is 0 Å². The Morgan fingerprint density at radius 2 is 1.26 bits per heavy atom. The second-order valence-corrected chi connectivity index (χ2v) is 6.54. The van der Waals surface area contributed by atoms with Crippen molar-refractivity contribution in [3.05, 3.63) is 107 Å². The van der Waals surface area contributed by atoms with Crippen molar-refractivity contribution in [1.82, 2.24) is 4.90 Å². The first-order chi connectivity index (χ1) is 13.2. The summed E-state index contributed by atoms with van der Waals surface area (Å²) in [6.45, 7) is 4.66. The van der Waals surface area contributed by atoms with Gasteiger partial charge in [-0.15, -0.1) is 0 Å². The summed E-state index contributed by atoms with van der Waals surface area (Å²) in [5.74, 6) is -0.267. The maximum atomic E-state index is 12.0. The first-order valence-electron chi connectivity index (χ1n) is 9.31. The molecular formula is C24H25NO2. The van der Waals surface area contributed by atoms with Gasteiger partial charge in [0, 0.05) is 19.6 Å². The van der Waals surface area contributed by atoms with Gasteiger partial charge in [0.25, 0.3) is 0 Å². The van der Waals surface area contributed by atoms with E-state index in [1.165, 1.54) is 11.1 Å². The molecule has 0 bridgehead atoms. The summed E-state index contributed by atoms with van der Waals surface area (Å²) < 4.78 is 5.13. The average Bonchev–Trinajstić information content (AvgIpc) is 2.70. The molecule has 27 heavy (non-hydrogen) atoms. The highest BCUT2D eigenvalue weighted by molar-refractivity contribution is 5.89. The molecule has 0 fully saturated rings. The fraction of sp³-hybridized carbons (Fsp3) is 0.208. The summed E-state index contributed by atoms with van der Waals surface area (Å²) in [5, 5.41) is 0. The Kier molecular flexibility index (Phi) is 6.78. The molecule has 0 aliphatic heterocycles. The quantitative estimate of drug-likeness (QED) is 0.526. The lowest BCUT2D eigenvalue weighted by atomic mass is 10.1. The monoisotopic (exact) mass is 359 g/mol. The van der Waals surface area contributed by atoms with Crippen LogP contribution in [0, 0.1) is 0 Å². The van der Waals surface area contributed by atoms with Gasteiger partial charge in [0.2, 0.25) is 0 Å². The maximum absolute atomic E-state index is 12.0. The average molecular weight is 359 g/mol. The molecule has 3 nitrogen and oxygen atoms in total. The Hall–Kier alpha value is -2.91. The molecule has 0 aliphatic rings. The van der Waals surface area contributed by atoms with Crippen molar-refractivity contribution in [2.45, 2.75) is 26.6 Å². The van der Waals surface area contributed by atoms with E-state index >= 15 is 0 Å². The summed E-state index contributed by atoms with van der Waals surface area (Å²) in [4.78, 5) is 14.4. The van der Waals surface area contributed by atoms with Crippen LogP contribution in [0.3, 0.4) is 0 Å². The highest BCUT2D eigenvalue weighted by Gasteiger charge is 2.11. The minimum absolute atomic E-state index is 0.267. The predicted octanol–water partition coefficient (Wildman–Crippen LogP) is 5.07. The SMILES string of the molecule is CCOC(=O)c1cccc(CN(Cc2ccccc2)Cc2ccccc2)c1. The fourth-order valence-corrected chi connectivity index (χ4v) is 3.12. The van der Waals surface area contributed by atoms with Crippen LogP contribution in [-0.2, 0) is 24.4 Å². The van der Waals surface area contributed by atoms with Crippen LogP contribution in [0.15, 0.2) is 84.9 Å². The van der Waals surface area contributed by atoms with E-state index in [9.17, 15) is 4.79 Å². The van der Waals surface area contributed by atoms with E-state index < -0.39 is 0 Å². The van der Waals surface area contributed by atoms with Gasteiger partial charge in [-0.05, 0) is 35.7 Å². The van der Waals surface area contributed by atoms with Crippen molar-refractivity contribution in [1.29, 1.82) is 0 Å². The number of carbonyl (C=O) groups excluding carboxylic acids is 1. The molecule has 0 saturated heterocycles. The largest absolute Gasteiger partial charge is 0.462 e. The molecule has 0 N–H and O–H groups in total. The number of hydrogen-bond acceptors (Lipinski definition) is 3. The van der Waals surface area contributed by atoms with Crippen molar-refractivity contribution in [2.75, 3.05) is 6.61 Å². The molecule has 0 atom stereocenters. The van der Waals surface area contributed by atoms with Gasteiger partial charge in [0.05, 0.1) is 12.2 Å². The number of ether oxygens (including phenoxy) is 1. The van der Waals surface area contributed by atoms with Crippen LogP contribution in [0.25, 0.3) is 0 Å². The lowest BCUT2D eigenvalue weighted by Gasteiger charge is -2.23. The molecule has 0 amide bonds. The van der Waals surface area contributed by atoms with E-state index in [0.717, 1.165) is 25.2 Å². The summed E-state index contributed by atoms with van der Waals surface area (Å²) in [6, 6.07) is 28.6. The first-order valence-corrected chi connectivity index (χ1v) is 9.31. The second kappa shape index (κ2) is 9.70. The van der Waals surface area contributed by atoms with Gasteiger partial charge < -0.3 is 4.74 Å². The molecule has 0 unspecified atom stereocenters. The lowest BCUT2D eigenvalue weighted by Crippen LogP contribution is -2.22. The van der Waals surface area contributed by atoms with Crippen LogP contribution >= 0.6 is 0 Å². The van der Waals surface area contributed by atoms with Crippen molar-refractivity contribution < 1.29 is 9.53 Å². The smallest absolute Gasteiger partial charge is 0.338 e. The van der Waals surface area contributed by atoms with Gasteiger partial charge >= 0.3 is 5.97 Å². The molecule has 0 saturated carbocycles. The standard InChI is InChI=1S/C24H25NO2/c1-2-27-24(26)23-15-9-14-22(16-23)19-25(17-20-10-5-3-6-11-20)18-21-12-7-4-8-13-21/h3-16H,2,17-19H2,1H3. The van der Waals surface area contributed by atoms with Crippen molar-refractivity contribution in [2.24, 2.45) is 0 Å². The number of carbonyl (C=O) groups is 1. The molecule has 138 valence electrons. The topological polar surface area (TPSA) is 29.5 Å². The van der Waals surface area contributed by atoms with E-state index in [2.05, 4.69) is 59.5 Å². The van der Waals surface area contributed by atoms with Crippen molar-refractivity contribution >= 4 is 5.97 Å². The molecule has 0 heterocycles. The Morgan fingerprint density at radius 3 is 1.81 bits per heavy atom. The zero-order chi connectivity index (χ0) is 18.9. The molecule has 3 aromatic carbocycles. The van der Waals surface area contributed by atoms with Crippen molar-refractivity contribution in [3.63, 3.8) is 0 Å². The van der Waals surface area contributed by atoms with Crippen LogP contribution in [-0.4, -0.2) is 17.5 Å². The van der Waals surface area contributed by atoms with Crippen LogP contribution in [0.1, 0.15) is 34.0 Å². The molecule has 3 aromatic rings. The Bertz CT molecular complexity index is 805. The predicted molar refractivity (Wildman–Crippen MR) is 108 cm³/mol. The van der Waals surface area contributed by atoms with E-state index in [4.69, 9.17) is 4.74 Å². The minimum atomic E-state index is -0.267. The van der Waals surface area contributed by atoms with Gasteiger partial charge in [0.15, 0.2) is 0 Å². The van der Waals surface area contributed by atoms with Gasteiger partial charge in [0.1, 0.15) is 0 Å². The highest BCUT2D eigenvalue weighted by Crippen LogP contribution is 2.15. The Balaban J connectivity index is 1.78. The zero-order valence-corrected chi connectivity index (χ0v) is 15.7. The van der Waals surface area contributed by atoms with E-state index in [1.54, 1.807) is 6.07 Å². The van der Waals surface area contributed by atoms with E-state index in [1.807, 2.05) is 31.2 Å². The summed E-state index contributed by atoms with van der Waals surface area (Å²) in [6.07, 6.45) is 0.